The van der Waals surface area contributed by atoms with Gasteiger partial charge in [0.15, 0.2) is 5.13 Å². The second kappa shape index (κ2) is 5.16. The van der Waals surface area contributed by atoms with Crippen LogP contribution in [-0.2, 0) is 0 Å². The van der Waals surface area contributed by atoms with Gasteiger partial charge in [-0.25, -0.2) is 14.4 Å². The zero-order valence-electron chi connectivity index (χ0n) is 9.88. The highest BCUT2D eigenvalue weighted by Crippen LogP contribution is 2.30. The SMILES string of the molecule is Fc1ccc(-c2cnc(Nc3ccccn3)s2)cc1. The molecule has 3 aromatic rings. The maximum atomic E-state index is 12.9. The molecule has 2 heterocycles. The summed E-state index contributed by atoms with van der Waals surface area (Å²) in [5.74, 6) is 0.516. The van der Waals surface area contributed by atoms with Crippen molar-refractivity contribution < 1.29 is 4.39 Å². The van der Waals surface area contributed by atoms with Crippen LogP contribution in [-0.4, -0.2) is 9.97 Å². The molecule has 3 rings (SSSR count). The van der Waals surface area contributed by atoms with E-state index in [0.717, 1.165) is 21.4 Å². The van der Waals surface area contributed by atoms with Crippen molar-refractivity contribution in [3.05, 3.63) is 60.7 Å². The molecule has 0 unspecified atom stereocenters. The van der Waals surface area contributed by atoms with Crippen LogP contribution < -0.4 is 5.32 Å². The summed E-state index contributed by atoms with van der Waals surface area (Å²) in [6, 6.07) is 12.0. The number of anilines is 2. The first kappa shape index (κ1) is 11.8. The summed E-state index contributed by atoms with van der Waals surface area (Å²) in [5, 5.41) is 3.89. The highest BCUT2D eigenvalue weighted by atomic mass is 32.1. The molecule has 19 heavy (non-hydrogen) atoms. The van der Waals surface area contributed by atoms with Gasteiger partial charge in [-0.1, -0.05) is 29.5 Å². The van der Waals surface area contributed by atoms with E-state index < -0.39 is 0 Å². The van der Waals surface area contributed by atoms with Crippen LogP contribution in [0.2, 0.25) is 0 Å². The lowest BCUT2D eigenvalue weighted by atomic mass is 10.2. The third kappa shape index (κ3) is 2.77. The lowest BCUT2D eigenvalue weighted by Gasteiger charge is -1.99. The van der Waals surface area contributed by atoms with Gasteiger partial charge in [-0.2, -0.15) is 0 Å². The Morgan fingerprint density at radius 1 is 1.00 bits per heavy atom. The Bertz CT molecular complexity index is 665. The molecule has 0 spiro atoms. The van der Waals surface area contributed by atoms with Gasteiger partial charge in [0.05, 0.1) is 4.88 Å². The summed E-state index contributed by atoms with van der Waals surface area (Å²) in [6.07, 6.45) is 3.49. The number of rotatable bonds is 3. The molecule has 2 aromatic heterocycles. The average Bonchev–Trinajstić information content (AvgIpc) is 2.89. The monoisotopic (exact) mass is 271 g/mol. The van der Waals surface area contributed by atoms with Crippen LogP contribution in [0.15, 0.2) is 54.9 Å². The van der Waals surface area contributed by atoms with Gasteiger partial charge in [0.25, 0.3) is 0 Å². The highest BCUT2D eigenvalue weighted by Gasteiger charge is 2.05. The van der Waals surface area contributed by atoms with Crippen molar-refractivity contribution in [1.29, 1.82) is 0 Å². The molecule has 5 heteroatoms. The number of aromatic nitrogens is 2. The predicted octanol–water partition coefficient (Wildman–Crippen LogP) is 4.09. The first-order chi connectivity index (χ1) is 9.31. The fraction of sp³-hybridized carbons (Fsp3) is 0. The van der Waals surface area contributed by atoms with Gasteiger partial charge in [-0.15, -0.1) is 0 Å². The summed E-state index contributed by atoms with van der Waals surface area (Å²) < 4.78 is 12.9. The molecule has 0 saturated carbocycles. The molecule has 0 bridgehead atoms. The van der Waals surface area contributed by atoms with E-state index in [9.17, 15) is 4.39 Å². The standard InChI is InChI=1S/C14H10FN3S/c15-11-6-4-10(5-7-11)12-9-17-14(19-12)18-13-3-1-2-8-16-13/h1-9H,(H,16,17,18). The lowest BCUT2D eigenvalue weighted by Crippen LogP contribution is -1.90. The fourth-order valence-electron chi connectivity index (χ4n) is 1.63. The van der Waals surface area contributed by atoms with Crippen LogP contribution in [0, 0.1) is 5.82 Å². The van der Waals surface area contributed by atoms with Gasteiger partial charge < -0.3 is 5.32 Å². The van der Waals surface area contributed by atoms with Crippen molar-refractivity contribution in [2.24, 2.45) is 0 Å². The molecule has 1 aromatic carbocycles. The summed E-state index contributed by atoms with van der Waals surface area (Å²) in [7, 11) is 0. The second-order valence-electron chi connectivity index (χ2n) is 3.88. The molecule has 1 N–H and O–H groups in total. The van der Waals surface area contributed by atoms with Crippen LogP contribution in [0.3, 0.4) is 0 Å². The normalized spacial score (nSPS) is 10.4. The number of hydrogen-bond donors (Lipinski definition) is 1. The third-order valence-electron chi connectivity index (χ3n) is 2.53. The number of nitrogens with zero attached hydrogens (tertiary/aromatic N) is 2. The van der Waals surface area contributed by atoms with Gasteiger partial charge in [0.1, 0.15) is 11.6 Å². The molecule has 0 radical (unpaired) electrons. The molecule has 0 aliphatic rings. The Morgan fingerprint density at radius 2 is 1.84 bits per heavy atom. The molecule has 3 nitrogen and oxygen atoms in total. The van der Waals surface area contributed by atoms with Crippen LogP contribution in [0.1, 0.15) is 0 Å². The zero-order valence-corrected chi connectivity index (χ0v) is 10.7. The maximum absolute atomic E-state index is 12.9. The van der Waals surface area contributed by atoms with E-state index in [2.05, 4.69) is 15.3 Å². The van der Waals surface area contributed by atoms with Crippen LogP contribution >= 0.6 is 11.3 Å². The molecule has 0 amide bonds. The summed E-state index contributed by atoms with van der Waals surface area (Å²) in [4.78, 5) is 9.44. The number of benzene rings is 1. The summed E-state index contributed by atoms with van der Waals surface area (Å²) >= 11 is 1.50. The lowest BCUT2D eigenvalue weighted by molar-refractivity contribution is 0.628. The zero-order chi connectivity index (χ0) is 13.1. The third-order valence-corrected chi connectivity index (χ3v) is 3.50. The number of nitrogens with one attached hydrogen (secondary N) is 1. The molecule has 0 aliphatic carbocycles. The first-order valence-electron chi connectivity index (χ1n) is 5.71. The highest BCUT2D eigenvalue weighted by molar-refractivity contribution is 7.18. The molecule has 0 aliphatic heterocycles. The molecular formula is C14H10FN3S. The average molecular weight is 271 g/mol. The van der Waals surface area contributed by atoms with E-state index in [0.29, 0.717) is 0 Å². The number of hydrogen-bond acceptors (Lipinski definition) is 4. The van der Waals surface area contributed by atoms with Crippen molar-refractivity contribution in [1.82, 2.24) is 9.97 Å². The summed E-state index contributed by atoms with van der Waals surface area (Å²) in [5.41, 5.74) is 0.952. The second-order valence-corrected chi connectivity index (χ2v) is 4.91. The van der Waals surface area contributed by atoms with Gasteiger partial charge in [-0.05, 0) is 29.8 Å². The van der Waals surface area contributed by atoms with E-state index in [1.165, 1.54) is 23.5 Å². The van der Waals surface area contributed by atoms with E-state index in [-0.39, 0.29) is 5.82 Å². The van der Waals surface area contributed by atoms with E-state index in [4.69, 9.17) is 0 Å². The molecule has 0 fully saturated rings. The van der Waals surface area contributed by atoms with Crippen LogP contribution in [0.4, 0.5) is 15.3 Å². The van der Waals surface area contributed by atoms with Crippen molar-refractivity contribution in [3.63, 3.8) is 0 Å². The Labute approximate surface area is 113 Å². The van der Waals surface area contributed by atoms with E-state index in [1.807, 2.05) is 18.2 Å². The Morgan fingerprint density at radius 3 is 2.58 bits per heavy atom. The number of halogens is 1. The van der Waals surface area contributed by atoms with Crippen molar-refractivity contribution in [3.8, 4) is 10.4 Å². The van der Waals surface area contributed by atoms with E-state index in [1.54, 1.807) is 24.5 Å². The summed E-state index contributed by atoms with van der Waals surface area (Å²) in [6.45, 7) is 0. The Hall–Kier alpha value is -2.27. The fourth-order valence-corrected chi connectivity index (χ4v) is 2.45. The molecule has 94 valence electrons. The molecule has 0 saturated heterocycles. The van der Waals surface area contributed by atoms with Crippen molar-refractivity contribution in [2.45, 2.75) is 0 Å². The topological polar surface area (TPSA) is 37.8 Å². The van der Waals surface area contributed by atoms with Gasteiger partial charge in [0.2, 0.25) is 0 Å². The Balaban J connectivity index is 1.82. The van der Waals surface area contributed by atoms with Gasteiger partial charge in [-0.3, -0.25) is 0 Å². The van der Waals surface area contributed by atoms with Crippen molar-refractivity contribution in [2.75, 3.05) is 5.32 Å². The minimum Gasteiger partial charge on any atom is -0.316 e. The minimum atomic E-state index is -0.236. The minimum absolute atomic E-state index is 0.236. The smallest absolute Gasteiger partial charge is 0.188 e. The van der Waals surface area contributed by atoms with E-state index >= 15 is 0 Å². The predicted molar refractivity (Wildman–Crippen MR) is 75.0 cm³/mol. The first-order valence-corrected chi connectivity index (χ1v) is 6.53. The number of pyridine rings is 1. The Kier molecular flexibility index (Phi) is 3.20. The van der Waals surface area contributed by atoms with Crippen LogP contribution in [0.5, 0.6) is 0 Å². The molecular weight excluding hydrogens is 261 g/mol. The molecule has 0 atom stereocenters. The maximum Gasteiger partial charge on any atom is 0.188 e. The van der Waals surface area contributed by atoms with Crippen LogP contribution in [0.25, 0.3) is 10.4 Å². The van der Waals surface area contributed by atoms with Gasteiger partial charge in [0, 0.05) is 12.4 Å². The quantitative estimate of drug-likeness (QED) is 0.779. The van der Waals surface area contributed by atoms with Crippen molar-refractivity contribution >= 4 is 22.3 Å². The number of thiazole rings is 1. The van der Waals surface area contributed by atoms with Gasteiger partial charge >= 0.3 is 0 Å². The largest absolute Gasteiger partial charge is 0.316 e.